The van der Waals surface area contributed by atoms with Gasteiger partial charge in [-0.3, -0.25) is 4.79 Å². The molecular weight excluding hydrogens is 369 g/mol. The van der Waals surface area contributed by atoms with Crippen molar-refractivity contribution in [2.24, 2.45) is 5.10 Å². The highest BCUT2D eigenvalue weighted by Crippen LogP contribution is 2.42. The summed E-state index contributed by atoms with van der Waals surface area (Å²) in [6, 6.07) is 12.0. The van der Waals surface area contributed by atoms with E-state index in [0.717, 1.165) is 0 Å². The van der Waals surface area contributed by atoms with Crippen molar-refractivity contribution < 1.29 is 23.1 Å². The fourth-order valence-electron chi connectivity index (χ4n) is 2.68. The Morgan fingerprint density at radius 1 is 1.23 bits per heavy atom. The molecule has 0 aromatic heterocycles. The standard InChI is InChI=1S/C18H14ClF3N2O2/c1-11-3-2-4-13(9-11)16(25)24-17(26,18(20,21)22)10-15(23-24)12-5-7-14(19)8-6-12/h2-9,26H,10H2,1H3/t17-/m1/s1. The highest BCUT2D eigenvalue weighted by Gasteiger charge is 2.63. The summed E-state index contributed by atoms with van der Waals surface area (Å²) in [7, 11) is 0. The van der Waals surface area contributed by atoms with Crippen molar-refractivity contribution in [2.75, 3.05) is 0 Å². The number of hydrogen-bond acceptors (Lipinski definition) is 3. The molecule has 1 aliphatic heterocycles. The Balaban J connectivity index is 2.05. The average Bonchev–Trinajstić information content (AvgIpc) is 2.94. The van der Waals surface area contributed by atoms with Crippen LogP contribution in [-0.2, 0) is 0 Å². The van der Waals surface area contributed by atoms with Crippen LogP contribution in [0, 0.1) is 6.92 Å². The number of hydrazone groups is 1. The minimum absolute atomic E-state index is 0.00813. The van der Waals surface area contributed by atoms with E-state index >= 15 is 0 Å². The van der Waals surface area contributed by atoms with Crippen LogP contribution >= 0.6 is 11.6 Å². The van der Waals surface area contributed by atoms with Gasteiger partial charge >= 0.3 is 6.18 Å². The summed E-state index contributed by atoms with van der Waals surface area (Å²) >= 11 is 5.79. The van der Waals surface area contributed by atoms with Gasteiger partial charge in [0.15, 0.2) is 0 Å². The second-order valence-electron chi connectivity index (χ2n) is 6.03. The molecule has 0 fully saturated rings. The summed E-state index contributed by atoms with van der Waals surface area (Å²) in [6.07, 6.45) is -5.94. The summed E-state index contributed by atoms with van der Waals surface area (Å²) in [5.41, 5.74) is -2.41. The van der Waals surface area contributed by atoms with E-state index in [0.29, 0.717) is 16.1 Å². The Hall–Kier alpha value is -2.38. The Kier molecular flexibility index (Phi) is 4.54. The van der Waals surface area contributed by atoms with E-state index in [1.54, 1.807) is 19.1 Å². The summed E-state index contributed by atoms with van der Waals surface area (Å²) in [5, 5.41) is 14.6. The van der Waals surface area contributed by atoms with Crippen LogP contribution < -0.4 is 0 Å². The zero-order chi connectivity index (χ0) is 19.1. The van der Waals surface area contributed by atoms with Gasteiger partial charge in [0.25, 0.3) is 11.6 Å². The fourth-order valence-corrected chi connectivity index (χ4v) is 2.81. The van der Waals surface area contributed by atoms with Crippen LogP contribution in [0.5, 0.6) is 0 Å². The quantitative estimate of drug-likeness (QED) is 0.848. The minimum atomic E-state index is -5.08. The third-order valence-corrected chi connectivity index (χ3v) is 4.33. The summed E-state index contributed by atoms with van der Waals surface area (Å²) < 4.78 is 40.7. The van der Waals surface area contributed by atoms with E-state index in [-0.39, 0.29) is 16.3 Å². The molecule has 1 aliphatic rings. The second kappa shape index (κ2) is 6.41. The van der Waals surface area contributed by atoms with Gasteiger partial charge in [-0.2, -0.15) is 23.3 Å². The molecular formula is C18H14ClF3N2O2. The third-order valence-electron chi connectivity index (χ3n) is 4.07. The second-order valence-corrected chi connectivity index (χ2v) is 6.47. The van der Waals surface area contributed by atoms with E-state index in [4.69, 9.17) is 11.6 Å². The topological polar surface area (TPSA) is 52.9 Å². The maximum atomic E-state index is 13.6. The van der Waals surface area contributed by atoms with Gasteiger partial charge in [0, 0.05) is 10.6 Å². The van der Waals surface area contributed by atoms with Crippen LogP contribution in [0.1, 0.15) is 27.9 Å². The van der Waals surface area contributed by atoms with E-state index in [1.165, 1.54) is 36.4 Å². The predicted octanol–water partition coefficient (Wildman–Crippen LogP) is 4.15. The third kappa shape index (κ3) is 3.20. The first-order chi connectivity index (χ1) is 12.1. The Morgan fingerprint density at radius 2 is 1.88 bits per heavy atom. The molecule has 3 rings (SSSR count). The highest BCUT2D eigenvalue weighted by atomic mass is 35.5. The molecule has 8 heteroatoms. The number of carbonyl (C=O) groups excluding carboxylic acids is 1. The molecule has 1 N–H and O–H groups in total. The summed E-state index contributed by atoms with van der Waals surface area (Å²) in [4.78, 5) is 12.6. The lowest BCUT2D eigenvalue weighted by Crippen LogP contribution is -2.56. The van der Waals surface area contributed by atoms with Gasteiger partial charge in [-0.15, -0.1) is 0 Å². The molecule has 0 aliphatic carbocycles. The number of aryl methyl sites for hydroxylation is 1. The monoisotopic (exact) mass is 382 g/mol. The number of hydrogen-bond donors (Lipinski definition) is 1. The highest BCUT2D eigenvalue weighted by molar-refractivity contribution is 6.30. The molecule has 1 heterocycles. The number of carbonyl (C=O) groups is 1. The van der Waals surface area contributed by atoms with Crippen LogP contribution in [0.3, 0.4) is 0 Å². The maximum Gasteiger partial charge on any atom is 0.438 e. The molecule has 2 aromatic carbocycles. The van der Waals surface area contributed by atoms with Crippen molar-refractivity contribution in [2.45, 2.75) is 25.2 Å². The number of amides is 1. The number of alkyl halides is 3. The van der Waals surface area contributed by atoms with Gasteiger partial charge in [-0.1, -0.05) is 41.4 Å². The SMILES string of the molecule is Cc1cccc(C(=O)N2N=C(c3ccc(Cl)cc3)C[C@@]2(O)C(F)(F)F)c1. The van der Waals surface area contributed by atoms with Gasteiger partial charge in [0.2, 0.25) is 0 Å². The zero-order valence-corrected chi connectivity index (χ0v) is 14.3. The molecule has 2 aromatic rings. The lowest BCUT2D eigenvalue weighted by Gasteiger charge is -2.32. The molecule has 0 saturated carbocycles. The van der Waals surface area contributed by atoms with E-state index < -0.39 is 24.2 Å². The molecule has 0 radical (unpaired) electrons. The van der Waals surface area contributed by atoms with Gasteiger partial charge in [0.05, 0.1) is 12.1 Å². The molecule has 1 amide bonds. The minimum Gasteiger partial charge on any atom is -0.362 e. The Labute approximate surface area is 152 Å². The van der Waals surface area contributed by atoms with Crippen molar-refractivity contribution in [1.82, 2.24) is 5.01 Å². The number of benzene rings is 2. The Bertz CT molecular complexity index is 881. The maximum absolute atomic E-state index is 13.6. The molecule has 0 spiro atoms. The number of nitrogens with zero attached hydrogens (tertiary/aromatic N) is 2. The fraction of sp³-hybridized carbons (Fsp3) is 0.222. The van der Waals surface area contributed by atoms with Crippen LogP contribution in [-0.4, -0.2) is 33.6 Å². The number of rotatable bonds is 2. The Morgan fingerprint density at radius 3 is 2.46 bits per heavy atom. The van der Waals surface area contributed by atoms with Crippen molar-refractivity contribution in [3.63, 3.8) is 0 Å². The molecule has 0 saturated heterocycles. The summed E-state index contributed by atoms with van der Waals surface area (Å²) in [6.45, 7) is 1.71. The molecule has 0 bridgehead atoms. The van der Waals surface area contributed by atoms with Crippen LogP contribution in [0.25, 0.3) is 0 Å². The first-order valence-corrected chi connectivity index (χ1v) is 8.03. The largest absolute Gasteiger partial charge is 0.438 e. The number of halogens is 4. The van der Waals surface area contributed by atoms with Gasteiger partial charge in [-0.25, -0.2) is 0 Å². The smallest absolute Gasteiger partial charge is 0.362 e. The van der Waals surface area contributed by atoms with Crippen LogP contribution in [0.4, 0.5) is 13.2 Å². The van der Waals surface area contributed by atoms with Crippen LogP contribution in [0.2, 0.25) is 5.02 Å². The van der Waals surface area contributed by atoms with Crippen molar-refractivity contribution in [3.8, 4) is 0 Å². The van der Waals surface area contributed by atoms with Gasteiger partial charge < -0.3 is 5.11 Å². The normalized spacial score (nSPS) is 20.2. The van der Waals surface area contributed by atoms with E-state index in [2.05, 4.69) is 5.10 Å². The first-order valence-electron chi connectivity index (χ1n) is 7.65. The lowest BCUT2D eigenvalue weighted by molar-refractivity contribution is -0.297. The van der Waals surface area contributed by atoms with Gasteiger partial charge in [0.1, 0.15) is 0 Å². The van der Waals surface area contributed by atoms with Crippen molar-refractivity contribution >= 4 is 23.2 Å². The first kappa shape index (κ1) is 18.4. The lowest BCUT2D eigenvalue weighted by atomic mass is 10.0. The molecule has 0 unspecified atom stereocenters. The molecule has 4 nitrogen and oxygen atoms in total. The number of aliphatic hydroxyl groups is 1. The van der Waals surface area contributed by atoms with E-state index in [1.807, 2.05) is 0 Å². The van der Waals surface area contributed by atoms with Crippen molar-refractivity contribution in [3.05, 3.63) is 70.2 Å². The average molecular weight is 383 g/mol. The van der Waals surface area contributed by atoms with Gasteiger partial charge in [-0.05, 0) is 36.8 Å². The molecule has 1 atom stereocenters. The van der Waals surface area contributed by atoms with Crippen LogP contribution in [0.15, 0.2) is 53.6 Å². The molecule has 26 heavy (non-hydrogen) atoms. The predicted molar refractivity (Wildman–Crippen MR) is 91.0 cm³/mol. The molecule has 136 valence electrons. The van der Waals surface area contributed by atoms with Crippen molar-refractivity contribution in [1.29, 1.82) is 0 Å². The van der Waals surface area contributed by atoms with E-state index in [9.17, 15) is 23.1 Å². The zero-order valence-electron chi connectivity index (χ0n) is 13.6. The summed E-state index contributed by atoms with van der Waals surface area (Å²) in [5.74, 6) is -1.03.